The van der Waals surface area contributed by atoms with Gasteiger partial charge in [-0.15, -0.1) is 0 Å². The predicted molar refractivity (Wildman–Crippen MR) is 88.0 cm³/mol. The number of anilines is 1. The Morgan fingerprint density at radius 3 is 2.23 bits per heavy atom. The fourth-order valence-corrected chi connectivity index (χ4v) is 3.82. The average Bonchev–Trinajstić information content (AvgIpc) is 2.51. The molecule has 1 aromatic heterocycles. The Balaban J connectivity index is 1.66. The van der Waals surface area contributed by atoms with E-state index in [0.717, 1.165) is 17.7 Å². The minimum absolute atomic E-state index is 0.266. The first kappa shape index (κ1) is 15.0. The number of benzene rings is 1. The summed E-state index contributed by atoms with van der Waals surface area (Å²) in [6, 6.07) is 12.0. The summed E-state index contributed by atoms with van der Waals surface area (Å²) in [6.07, 6.45) is 1.76. The van der Waals surface area contributed by atoms with E-state index in [4.69, 9.17) is 5.73 Å². The molecule has 0 aliphatic carbocycles. The first-order valence-corrected chi connectivity index (χ1v) is 9.08. The molecule has 0 amide bonds. The molecule has 0 unspecified atom stereocenters. The quantitative estimate of drug-likeness (QED) is 0.930. The highest BCUT2D eigenvalue weighted by molar-refractivity contribution is 7.91. The second kappa shape index (κ2) is 6.06. The summed E-state index contributed by atoms with van der Waals surface area (Å²) in [5, 5.41) is 0. The summed E-state index contributed by atoms with van der Waals surface area (Å²) >= 11 is 0. The molecule has 1 fully saturated rings. The van der Waals surface area contributed by atoms with Crippen molar-refractivity contribution in [3.63, 3.8) is 0 Å². The molecule has 2 aromatic rings. The Labute approximate surface area is 130 Å². The zero-order chi connectivity index (χ0) is 15.6. The van der Waals surface area contributed by atoms with Crippen molar-refractivity contribution in [3.8, 4) is 11.1 Å². The molecule has 6 heteroatoms. The molecule has 1 saturated heterocycles. The lowest BCUT2D eigenvalue weighted by Crippen LogP contribution is -2.39. The summed E-state index contributed by atoms with van der Waals surface area (Å²) in [6.45, 7) is 2.02. The number of hydrogen-bond donors (Lipinski definition) is 1. The number of nitrogen functional groups attached to an aromatic ring is 1. The normalized spacial score (nSPS) is 18.2. The van der Waals surface area contributed by atoms with Gasteiger partial charge in [0.05, 0.1) is 11.5 Å². The van der Waals surface area contributed by atoms with Crippen LogP contribution in [0.25, 0.3) is 11.1 Å². The maximum absolute atomic E-state index is 11.4. The second-order valence-corrected chi connectivity index (χ2v) is 7.90. The SMILES string of the molecule is Nc1ccc(-c2ccc(CN3CCS(=O)(=O)CC3)cc2)cn1. The van der Waals surface area contributed by atoms with E-state index in [-0.39, 0.29) is 11.5 Å². The van der Waals surface area contributed by atoms with Crippen LogP contribution in [0.4, 0.5) is 5.82 Å². The predicted octanol–water partition coefficient (Wildman–Crippen LogP) is 1.56. The molecule has 22 heavy (non-hydrogen) atoms. The van der Waals surface area contributed by atoms with Gasteiger partial charge >= 0.3 is 0 Å². The van der Waals surface area contributed by atoms with E-state index in [1.807, 2.05) is 6.07 Å². The monoisotopic (exact) mass is 317 g/mol. The first-order valence-electron chi connectivity index (χ1n) is 7.25. The average molecular weight is 317 g/mol. The molecular formula is C16H19N3O2S. The Bertz CT molecular complexity index is 726. The number of sulfone groups is 1. The van der Waals surface area contributed by atoms with E-state index in [9.17, 15) is 8.42 Å². The molecule has 2 heterocycles. The number of hydrogen-bond acceptors (Lipinski definition) is 5. The third kappa shape index (κ3) is 3.64. The summed E-state index contributed by atoms with van der Waals surface area (Å²) in [4.78, 5) is 6.28. The van der Waals surface area contributed by atoms with Crippen LogP contribution < -0.4 is 5.73 Å². The van der Waals surface area contributed by atoms with Gasteiger partial charge in [0, 0.05) is 31.4 Å². The topological polar surface area (TPSA) is 76.3 Å². The Morgan fingerprint density at radius 2 is 1.64 bits per heavy atom. The van der Waals surface area contributed by atoms with Crippen molar-refractivity contribution in [2.24, 2.45) is 0 Å². The van der Waals surface area contributed by atoms with Gasteiger partial charge in [-0.3, -0.25) is 4.90 Å². The van der Waals surface area contributed by atoms with Crippen molar-refractivity contribution in [3.05, 3.63) is 48.2 Å². The number of rotatable bonds is 3. The van der Waals surface area contributed by atoms with E-state index >= 15 is 0 Å². The van der Waals surface area contributed by atoms with Crippen molar-refractivity contribution in [2.45, 2.75) is 6.54 Å². The van der Waals surface area contributed by atoms with Crippen LogP contribution in [0.3, 0.4) is 0 Å². The first-order chi connectivity index (χ1) is 10.5. The maximum atomic E-state index is 11.4. The second-order valence-electron chi connectivity index (χ2n) is 5.60. The summed E-state index contributed by atoms with van der Waals surface area (Å²) < 4.78 is 22.9. The minimum atomic E-state index is -2.81. The third-order valence-electron chi connectivity index (χ3n) is 3.92. The largest absolute Gasteiger partial charge is 0.384 e. The van der Waals surface area contributed by atoms with Gasteiger partial charge in [-0.2, -0.15) is 0 Å². The van der Waals surface area contributed by atoms with Gasteiger partial charge in [-0.05, 0) is 23.3 Å². The van der Waals surface area contributed by atoms with Crippen LogP contribution in [-0.4, -0.2) is 42.9 Å². The third-order valence-corrected chi connectivity index (χ3v) is 5.53. The minimum Gasteiger partial charge on any atom is -0.384 e. The Kier molecular flexibility index (Phi) is 4.13. The van der Waals surface area contributed by atoms with Crippen molar-refractivity contribution in [2.75, 3.05) is 30.3 Å². The van der Waals surface area contributed by atoms with E-state index in [0.29, 0.717) is 18.9 Å². The fourth-order valence-electron chi connectivity index (χ4n) is 2.55. The molecule has 1 aliphatic rings. The highest BCUT2D eigenvalue weighted by Crippen LogP contribution is 2.20. The van der Waals surface area contributed by atoms with Crippen molar-refractivity contribution in [1.82, 2.24) is 9.88 Å². The molecular weight excluding hydrogens is 298 g/mol. The standard InChI is InChI=1S/C16H19N3O2S/c17-16-6-5-15(11-18-16)14-3-1-13(2-4-14)12-19-7-9-22(20,21)10-8-19/h1-6,11H,7-10,12H2,(H2,17,18). The van der Waals surface area contributed by atoms with E-state index in [1.54, 1.807) is 12.3 Å². The van der Waals surface area contributed by atoms with Crippen LogP contribution in [-0.2, 0) is 16.4 Å². The van der Waals surface area contributed by atoms with Gasteiger partial charge in [0.1, 0.15) is 5.82 Å². The highest BCUT2D eigenvalue weighted by Gasteiger charge is 2.21. The summed E-state index contributed by atoms with van der Waals surface area (Å²) in [5.74, 6) is 1.05. The molecule has 5 nitrogen and oxygen atoms in total. The van der Waals surface area contributed by atoms with Gasteiger partial charge < -0.3 is 5.73 Å². The van der Waals surface area contributed by atoms with Crippen LogP contribution >= 0.6 is 0 Å². The number of pyridine rings is 1. The van der Waals surface area contributed by atoms with Crippen molar-refractivity contribution >= 4 is 15.7 Å². The Morgan fingerprint density at radius 1 is 1.00 bits per heavy atom. The van der Waals surface area contributed by atoms with Gasteiger partial charge in [-0.1, -0.05) is 24.3 Å². The molecule has 0 atom stereocenters. The van der Waals surface area contributed by atoms with Crippen LogP contribution in [0.1, 0.15) is 5.56 Å². The van der Waals surface area contributed by atoms with E-state index < -0.39 is 9.84 Å². The van der Waals surface area contributed by atoms with Crippen molar-refractivity contribution < 1.29 is 8.42 Å². The number of aromatic nitrogens is 1. The molecule has 0 spiro atoms. The molecule has 0 bridgehead atoms. The molecule has 3 rings (SSSR count). The lowest BCUT2D eigenvalue weighted by molar-refractivity contribution is 0.287. The maximum Gasteiger partial charge on any atom is 0.152 e. The van der Waals surface area contributed by atoms with Crippen LogP contribution in [0.15, 0.2) is 42.6 Å². The molecule has 1 aliphatic heterocycles. The summed E-state index contributed by atoms with van der Waals surface area (Å²) in [7, 11) is -2.81. The van der Waals surface area contributed by atoms with Gasteiger partial charge in [0.15, 0.2) is 9.84 Å². The molecule has 1 aromatic carbocycles. The van der Waals surface area contributed by atoms with E-state index in [2.05, 4.69) is 34.1 Å². The van der Waals surface area contributed by atoms with Gasteiger partial charge in [-0.25, -0.2) is 13.4 Å². The van der Waals surface area contributed by atoms with Crippen LogP contribution in [0.5, 0.6) is 0 Å². The van der Waals surface area contributed by atoms with Crippen molar-refractivity contribution in [1.29, 1.82) is 0 Å². The molecule has 0 radical (unpaired) electrons. The molecule has 2 N–H and O–H groups in total. The van der Waals surface area contributed by atoms with E-state index in [1.165, 1.54) is 5.56 Å². The summed E-state index contributed by atoms with van der Waals surface area (Å²) in [5.41, 5.74) is 8.91. The molecule has 116 valence electrons. The Hall–Kier alpha value is -1.92. The zero-order valence-electron chi connectivity index (χ0n) is 12.3. The van der Waals surface area contributed by atoms with Crippen LogP contribution in [0, 0.1) is 0 Å². The molecule has 0 saturated carbocycles. The van der Waals surface area contributed by atoms with Crippen LogP contribution in [0.2, 0.25) is 0 Å². The van der Waals surface area contributed by atoms with Gasteiger partial charge in [0.25, 0.3) is 0 Å². The zero-order valence-corrected chi connectivity index (χ0v) is 13.1. The fraction of sp³-hybridized carbons (Fsp3) is 0.312. The lowest BCUT2D eigenvalue weighted by atomic mass is 10.1. The number of nitrogens with zero attached hydrogens (tertiary/aromatic N) is 2. The number of nitrogens with two attached hydrogens (primary N) is 1. The van der Waals surface area contributed by atoms with Gasteiger partial charge in [0.2, 0.25) is 0 Å². The lowest BCUT2D eigenvalue weighted by Gasteiger charge is -2.26. The highest BCUT2D eigenvalue weighted by atomic mass is 32.2. The smallest absolute Gasteiger partial charge is 0.152 e.